The number of para-hydroxylation sites is 1. The molecule has 6 heteroatoms. The van der Waals surface area contributed by atoms with Crippen molar-refractivity contribution in [1.29, 1.82) is 0 Å². The van der Waals surface area contributed by atoms with Crippen molar-refractivity contribution in [2.24, 2.45) is 0 Å². The van der Waals surface area contributed by atoms with E-state index in [0.717, 1.165) is 17.6 Å². The van der Waals surface area contributed by atoms with Gasteiger partial charge >= 0.3 is 5.97 Å². The van der Waals surface area contributed by atoms with Crippen molar-refractivity contribution in [3.05, 3.63) is 59.9 Å². The first kappa shape index (κ1) is 18.6. The second-order valence-corrected chi connectivity index (χ2v) is 5.89. The fraction of sp³-hybridized carbons (Fsp3) is 0.286. The van der Waals surface area contributed by atoms with E-state index in [0.29, 0.717) is 24.5 Å². The van der Waals surface area contributed by atoms with Crippen LogP contribution in [-0.4, -0.2) is 35.7 Å². The van der Waals surface area contributed by atoms with Crippen molar-refractivity contribution in [3.8, 4) is 5.75 Å². The Balaban J connectivity index is 1.74. The van der Waals surface area contributed by atoms with Crippen molar-refractivity contribution in [3.63, 3.8) is 0 Å². The second kappa shape index (κ2) is 8.98. The molecule has 27 heavy (non-hydrogen) atoms. The van der Waals surface area contributed by atoms with E-state index in [2.05, 4.69) is 27.4 Å². The number of nitrogens with one attached hydrogen (secondary N) is 1. The molecule has 3 aromatic rings. The van der Waals surface area contributed by atoms with Gasteiger partial charge in [-0.1, -0.05) is 24.3 Å². The summed E-state index contributed by atoms with van der Waals surface area (Å²) >= 11 is 0. The van der Waals surface area contributed by atoms with Crippen LogP contribution in [0.2, 0.25) is 0 Å². The molecule has 2 aromatic carbocycles. The fourth-order valence-corrected chi connectivity index (χ4v) is 2.74. The Bertz CT molecular complexity index is 910. The average molecular weight is 365 g/mol. The van der Waals surface area contributed by atoms with Crippen LogP contribution < -0.4 is 10.1 Å². The molecule has 1 aromatic heterocycles. The SMILES string of the molecule is CCOC(=O)c1nc(NCCc2ccc(OCC)cc2)c2ccccc2n1. The van der Waals surface area contributed by atoms with E-state index in [-0.39, 0.29) is 12.4 Å². The summed E-state index contributed by atoms with van der Waals surface area (Å²) in [5.41, 5.74) is 1.90. The van der Waals surface area contributed by atoms with Crippen LogP contribution in [0.5, 0.6) is 5.75 Å². The molecule has 0 saturated heterocycles. The molecule has 3 rings (SSSR count). The molecule has 0 fully saturated rings. The normalized spacial score (nSPS) is 10.6. The Hall–Kier alpha value is -3.15. The molecule has 0 bridgehead atoms. The number of hydrogen-bond acceptors (Lipinski definition) is 6. The summed E-state index contributed by atoms with van der Waals surface area (Å²) in [6, 6.07) is 15.6. The third-order valence-corrected chi connectivity index (χ3v) is 4.00. The maximum absolute atomic E-state index is 12.0. The van der Waals surface area contributed by atoms with E-state index in [1.54, 1.807) is 6.92 Å². The smallest absolute Gasteiger partial charge is 0.376 e. The topological polar surface area (TPSA) is 73.3 Å². The summed E-state index contributed by atoms with van der Waals surface area (Å²) in [6.07, 6.45) is 0.819. The number of hydrogen-bond donors (Lipinski definition) is 1. The van der Waals surface area contributed by atoms with Crippen molar-refractivity contribution in [2.75, 3.05) is 25.1 Å². The molecule has 0 amide bonds. The Morgan fingerprint density at radius 2 is 1.78 bits per heavy atom. The van der Waals surface area contributed by atoms with Gasteiger partial charge in [0, 0.05) is 11.9 Å². The first-order valence-electron chi connectivity index (χ1n) is 9.10. The first-order chi connectivity index (χ1) is 13.2. The molecule has 0 saturated carbocycles. The van der Waals surface area contributed by atoms with Gasteiger partial charge in [0.05, 0.1) is 18.7 Å². The molecular weight excluding hydrogens is 342 g/mol. The third kappa shape index (κ3) is 4.73. The standard InChI is InChI=1S/C21H23N3O3/c1-3-26-16-11-9-15(10-12-16)13-14-22-19-17-7-5-6-8-18(17)23-20(24-19)21(25)27-4-2/h5-12H,3-4,13-14H2,1-2H3,(H,22,23,24). The monoisotopic (exact) mass is 365 g/mol. The summed E-state index contributed by atoms with van der Waals surface area (Å²) in [6.45, 7) is 5.35. The fourth-order valence-electron chi connectivity index (χ4n) is 2.74. The lowest BCUT2D eigenvalue weighted by Gasteiger charge is -2.11. The minimum atomic E-state index is -0.516. The van der Waals surface area contributed by atoms with Gasteiger partial charge in [0.1, 0.15) is 11.6 Å². The van der Waals surface area contributed by atoms with Crippen LogP contribution in [-0.2, 0) is 11.2 Å². The molecule has 0 aliphatic rings. The van der Waals surface area contributed by atoms with Gasteiger partial charge in [-0.25, -0.2) is 14.8 Å². The van der Waals surface area contributed by atoms with Crippen molar-refractivity contribution in [1.82, 2.24) is 9.97 Å². The maximum atomic E-state index is 12.0. The minimum absolute atomic E-state index is 0.0686. The quantitative estimate of drug-likeness (QED) is 0.611. The minimum Gasteiger partial charge on any atom is -0.494 e. The largest absolute Gasteiger partial charge is 0.494 e. The van der Waals surface area contributed by atoms with Gasteiger partial charge in [-0.05, 0) is 50.1 Å². The van der Waals surface area contributed by atoms with Crippen molar-refractivity contribution >= 4 is 22.7 Å². The van der Waals surface area contributed by atoms with Crippen molar-refractivity contribution in [2.45, 2.75) is 20.3 Å². The van der Waals surface area contributed by atoms with Crippen molar-refractivity contribution < 1.29 is 14.3 Å². The average Bonchev–Trinajstić information content (AvgIpc) is 2.69. The molecule has 140 valence electrons. The molecule has 0 aliphatic heterocycles. The molecule has 6 nitrogen and oxygen atoms in total. The summed E-state index contributed by atoms with van der Waals surface area (Å²) in [7, 11) is 0. The lowest BCUT2D eigenvalue weighted by molar-refractivity contribution is 0.0512. The van der Waals surface area contributed by atoms with E-state index in [4.69, 9.17) is 9.47 Å². The highest BCUT2D eigenvalue weighted by atomic mass is 16.5. The van der Waals surface area contributed by atoms with Crippen LogP contribution in [0.3, 0.4) is 0 Å². The van der Waals surface area contributed by atoms with Gasteiger partial charge in [0.25, 0.3) is 0 Å². The number of ether oxygens (including phenoxy) is 2. The van der Waals surface area contributed by atoms with Crippen LogP contribution in [0.25, 0.3) is 10.9 Å². The van der Waals surface area contributed by atoms with E-state index in [1.165, 1.54) is 5.56 Å². The second-order valence-electron chi connectivity index (χ2n) is 5.89. The molecule has 0 aliphatic carbocycles. The molecular formula is C21H23N3O3. The highest BCUT2D eigenvalue weighted by molar-refractivity contribution is 5.94. The predicted octanol–water partition coefficient (Wildman–Crippen LogP) is 3.86. The number of carbonyl (C=O) groups excluding carboxylic acids is 1. The molecule has 0 unspecified atom stereocenters. The zero-order valence-electron chi connectivity index (χ0n) is 15.6. The Morgan fingerprint density at radius 3 is 2.52 bits per heavy atom. The Kier molecular flexibility index (Phi) is 6.20. The van der Waals surface area contributed by atoms with Gasteiger partial charge in [0.2, 0.25) is 5.82 Å². The molecule has 0 spiro atoms. The number of fused-ring (bicyclic) bond motifs is 1. The van der Waals surface area contributed by atoms with E-state index in [1.807, 2.05) is 43.3 Å². The van der Waals surface area contributed by atoms with Crippen LogP contribution in [0, 0.1) is 0 Å². The third-order valence-electron chi connectivity index (χ3n) is 4.00. The lowest BCUT2D eigenvalue weighted by Crippen LogP contribution is -2.13. The number of rotatable bonds is 8. The predicted molar refractivity (Wildman–Crippen MR) is 105 cm³/mol. The summed E-state index contributed by atoms with van der Waals surface area (Å²) in [5.74, 6) is 1.06. The summed E-state index contributed by atoms with van der Waals surface area (Å²) in [5, 5.41) is 4.20. The molecule has 1 heterocycles. The Labute approximate surface area is 158 Å². The van der Waals surface area contributed by atoms with Crippen LogP contribution in [0.1, 0.15) is 30.0 Å². The number of aromatic nitrogens is 2. The van der Waals surface area contributed by atoms with Crippen LogP contribution in [0.15, 0.2) is 48.5 Å². The number of benzene rings is 2. The van der Waals surface area contributed by atoms with Gasteiger partial charge in [-0.15, -0.1) is 0 Å². The number of nitrogens with zero attached hydrogens (tertiary/aromatic N) is 2. The summed E-state index contributed by atoms with van der Waals surface area (Å²) in [4.78, 5) is 20.7. The Morgan fingerprint density at radius 1 is 1.00 bits per heavy atom. The highest BCUT2D eigenvalue weighted by Crippen LogP contribution is 2.20. The van der Waals surface area contributed by atoms with Gasteiger partial charge in [-0.2, -0.15) is 0 Å². The number of anilines is 1. The number of esters is 1. The highest BCUT2D eigenvalue weighted by Gasteiger charge is 2.14. The van der Waals surface area contributed by atoms with Gasteiger partial charge < -0.3 is 14.8 Å². The maximum Gasteiger partial charge on any atom is 0.376 e. The van der Waals surface area contributed by atoms with E-state index < -0.39 is 5.97 Å². The molecule has 1 N–H and O–H groups in total. The molecule has 0 atom stereocenters. The zero-order valence-corrected chi connectivity index (χ0v) is 15.6. The first-order valence-corrected chi connectivity index (χ1v) is 9.10. The van der Waals surface area contributed by atoms with E-state index in [9.17, 15) is 4.79 Å². The molecule has 0 radical (unpaired) electrons. The van der Waals surface area contributed by atoms with Gasteiger partial charge in [0.15, 0.2) is 0 Å². The number of carbonyl (C=O) groups is 1. The summed E-state index contributed by atoms with van der Waals surface area (Å²) < 4.78 is 10.5. The van der Waals surface area contributed by atoms with Gasteiger partial charge in [-0.3, -0.25) is 0 Å². The van der Waals surface area contributed by atoms with E-state index >= 15 is 0 Å². The zero-order chi connectivity index (χ0) is 19.1. The van der Waals surface area contributed by atoms with Crippen LogP contribution in [0.4, 0.5) is 5.82 Å². The van der Waals surface area contributed by atoms with Crippen LogP contribution >= 0.6 is 0 Å². The lowest BCUT2D eigenvalue weighted by atomic mass is 10.1.